The third kappa shape index (κ3) is 2.02. The molecule has 0 bridgehead atoms. The Hall–Kier alpha value is -1.16. The molecule has 0 unspecified atom stereocenters. The van der Waals surface area contributed by atoms with Gasteiger partial charge >= 0.3 is 0 Å². The summed E-state index contributed by atoms with van der Waals surface area (Å²) in [7, 11) is 0. The van der Waals surface area contributed by atoms with Gasteiger partial charge in [-0.05, 0) is 58.4 Å². The van der Waals surface area contributed by atoms with Gasteiger partial charge in [0.05, 0.1) is 0 Å². The molecule has 0 aliphatic heterocycles. The number of hydrogen-bond acceptors (Lipinski definition) is 0. The molecule has 1 aliphatic carbocycles. The van der Waals surface area contributed by atoms with E-state index in [4.69, 9.17) is 0 Å². The molecule has 3 aromatic rings. The van der Waals surface area contributed by atoms with E-state index in [0.29, 0.717) is 0 Å². The van der Waals surface area contributed by atoms with E-state index in [9.17, 15) is 0 Å². The topological polar surface area (TPSA) is 0 Å². The van der Waals surface area contributed by atoms with Gasteiger partial charge in [0.2, 0.25) is 0 Å². The fraction of sp³-hybridized carbons (Fsp3) is 0.222. The molecule has 4 rings (SSSR count). The zero-order valence-corrected chi connectivity index (χ0v) is 12.3. The van der Waals surface area contributed by atoms with Gasteiger partial charge in [-0.2, -0.15) is 0 Å². The maximum absolute atomic E-state index is 2.35. The van der Waals surface area contributed by atoms with Crippen molar-refractivity contribution < 1.29 is 20.4 Å². The Bertz CT molecular complexity index is 743. The molecule has 0 nitrogen and oxygen atoms in total. The van der Waals surface area contributed by atoms with Gasteiger partial charge < -0.3 is 0 Å². The van der Waals surface area contributed by atoms with E-state index in [0.717, 1.165) is 0 Å². The molecular weight excluding hydrogens is 323 g/mol. The molecule has 0 radical (unpaired) electrons. The van der Waals surface area contributed by atoms with E-state index in [1.165, 1.54) is 47.2 Å². The van der Waals surface area contributed by atoms with Gasteiger partial charge in [-0.1, -0.05) is 48.5 Å². The van der Waals surface area contributed by atoms with Crippen LogP contribution in [0, 0.1) is 0 Å². The van der Waals surface area contributed by atoms with Gasteiger partial charge in [0.1, 0.15) is 0 Å². The second-order valence-electron chi connectivity index (χ2n) is 5.29. The quantitative estimate of drug-likeness (QED) is 0.405. The molecule has 0 fully saturated rings. The normalized spacial score (nSPS) is 14.1. The molecule has 0 aromatic heterocycles. The number of fused-ring (bicyclic) bond motifs is 5. The van der Waals surface area contributed by atoms with Crippen molar-refractivity contribution in [3.05, 3.63) is 59.7 Å². The van der Waals surface area contributed by atoms with Crippen LogP contribution in [0.25, 0.3) is 21.5 Å². The smallest absolute Gasteiger partial charge is 0 e. The van der Waals surface area contributed by atoms with Crippen LogP contribution in [0.3, 0.4) is 0 Å². The van der Waals surface area contributed by atoms with Crippen LogP contribution < -0.4 is 0 Å². The number of rotatable bonds is 0. The summed E-state index contributed by atoms with van der Waals surface area (Å²) in [6.07, 6.45) is 5.22. The molecule has 98 valence electrons. The predicted molar refractivity (Wildman–Crippen MR) is 78.1 cm³/mol. The number of benzene rings is 3. The summed E-state index contributed by atoms with van der Waals surface area (Å²) in [4.78, 5) is 0. The maximum atomic E-state index is 2.35. The molecule has 19 heavy (non-hydrogen) atoms. The first-order chi connectivity index (χ1) is 8.93. The molecule has 0 saturated carbocycles. The summed E-state index contributed by atoms with van der Waals surface area (Å²) in [5.41, 5.74) is 3.17. The van der Waals surface area contributed by atoms with Gasteiger partial charge in [0, 0.05) is 20.4 Å². The Morgan fingerprint density at radius 1 is 0.632 bits per heavy atom. The van der Waals surface area contributed by atoms with Gasteiger partial charge in [-0.25, -0.2) is 0 Å². The van der Waals surface area contributed by atoms with Crippen molar-refractivity contribution in [3.63, 3.8) is 0 Å². The minimum Gasteiger partial charge on any atom is -0.0616 e. The van der Waals surface area contributed by atoms with Crippen LogP contribution in [0.1, 0.15) is 24.0 Å². The fourth-order valence-corrected chi connectivity index (χ4v) is 3.34. The van der Waals surface area contributed by atoms with Crippen molar-refractivity contribution >= 4 is 21.5 Å². The van der Waals surface area contributed by atoms with E-state index < -0.39 is 0 Å². The Balaban J connectivity index is 0.00000110. The largest absolute Gasteiger partial charge is 0.0616 e. The average molecular weight is 339 g/mol. The molecule has 0 spiro atoms. The molecule has 0 amide bonds. The second kappa shape index (κ2) is 5.08. The van der Waals surface area contributed by atoms with E-state index in [-0.39, 0.29) is 20.4 Å². The fourth-order valence-electron chi connectivity index (χ4n) is 3.34. The first-order valence-corrected chi connectivity index (χ1v) is 6.86. The predicted octanol–water partition coefficient (Wildman–Crippen LogP) is 4.87. The summed E-state index contributed by atoms with van der Waals surface area (Å²) < 4.78 is 0. The monoisotopic (exact) mass is 338 g/mol. The van der Waals surface area contributed by atoms with Crippen molar-refractivity contribution in [1.29, 1.82) is 0 Å². The SMILES string of the molecule is [Pd].c1ccc2c(c1)ccc1c3c(ccc12)CCCC3. The van der Waals surface area contributed by atoms with Crippen LogP contribution >= 0.6 is 0 Å². The minimum atomic E-state index is 0. The molecular formula is C18H16Pd. The van der Waals surface area contributed by atoms with Crippen LogP contribution in [0.2, 0.25) is 0 Å². The molecule has 1 aliphatic rings. The maximum Gasteiger partial charge on any atom is 0 e. The third-order valence-electron chi connectivity index (χ3n) is 4.26. The molecule has 0 heterocycles. The first kappa shape index (κ1) is 12.9. The van der Waals surface area contributed by atoms with E-state index in [1.54, 1.807) is 11.1 Å². The van der Waals surface area contributed by atoms with Crippen molar-refractivity contribution in [2.24, 2.45) is 0 Å². The van der Waals surface area contributed by atoms with E-state index in [1.807, 2.05) is 0 Å². The van der Waals surface area contributed by atoms with Crippen LogP contribution in [0.4, 0.5) is 0 Å². The number of aryl methyl sites for hydroxylation is 2. The molecule has 1 heteroatoms. The third-order valence-corrected chi connectivity index (χ3v) is 4.26. The van der Waals surface area contributed by atoms with Crippen molar-refractivity contribution in [1.82, 2.24) is 0 Å². The Labute approximate surface area is 127 Å². The first-order valence-electron chi connectivity index (χ1n) is 6.86. The molecule has 0 saturated heterocycles. The van der Waals surface area contributed by atoms with Gasteiger partial charge in [0.15, 0.2) is 0 Å². The van der Waals surface area contributed by atoms with Gasteiger partial charge in [-0.3, -0.25) is 0 Å². The Morgan fingerprint density at radius 2 is 1.42 bits per heavy atom. The van der Waals surface area contributed by atoms with E-state index >= 15 is 0 Å². The molecule has 3 aromatic carbocycles. The van der Waals surface area contributed by atoms with Crippen LogP contribution in [0.5, 0.6) is 0 Å². The van der Waals surface area contributed by atoms with E-state index in [2.05, 4.69) is 48.5 Å². The summed E-state index contributed by atoms with van der Waals surface area (Å²) in [6.45, 7) is 0. The van der Waals surface area contributed by atoms with Crippen LogP contribution in [-0.4, -0.2) is 0 Å². The second-order valence-corrected chi connectivity index (χ2v) is 5.29. The van der Waals surface area contributed by atoms with Crippen molar-refractivity contribution in [2.45, 2.75) is 25.7 Å². The summed E-state index contributed by atoms with van der Waals surface area (Å²) in [5.74, 6) is 0. The minimum absolute atomic E-state index is 0. The van der Waals surface area contributed by atoms with Crippen LogP contribution in [-0.2, 0) is 33.3 Å². The molecule has 0 atom stereocenters. The van der Waals surface area contributed by atoms with Gasteiger partial charge in [0.25, 0.3) is 0 Å². The van der Waals surface area contributed by atoms with Gasteiger partial charge in [-0.15, -0.1) is 0 Å². The zero-order chi connectivity index (χ0) is 11.9. The zero-order valence-electron chi connectivity index (χ0n) is 10.8. The molecule has 0 N–H and O–H groups in total. The Morgan fingerprint density at radius 3 is 2.37 bits per heavy atom. The summed E-state index contributed by atoms with van der Waals surface area (Å²) >= 11 is 0. The van der Waals surface area contributed by atoms with Crippen LogP contribution in [0.15, 0.2) is 48.5 Å². The Kier molecular flexibility index (Phi) is 3.44. The van der Waals surface area contributed by atoms with Crippen molar-refractivity contribution in [2.75, 3.05) is 0 Å². The average Bonchev–Trinajstić information content (AvgIpc) is 2.46. The summed E-state index contributed by atoms with van der Waals surface area (Å²) in [5, 5.41) is 5.64. The number of hydrogen-bond donors (Lipinski definition) is 0. The standard InChI is InChI=1S/C18H16.Pd/c1-3-7-15-13(5-1)9-11-18-16-8-4-2-6-14(16)10-12-17(15)18;/h1,3,5,7,9-12H,2,4,6,8H2;. The van der Waals surface area contributed by atoms with Crippen molar-refractivity contribution in [3.8, 4) is 0 Å². The summed E-state index contributed by atoms with van der Waals surface area (Å²) in [6, 6.07) is 18.0.